The Morgan fingerprint density at radius 3 is 2.64 bits per heavy atom. The molecule has 1 N–H and O–H groups in total. The standard InChI is InChI=1S/C18H17ClFNO4/c1-24-16-6-5-12(8-15(16)20)9-18(23)25-11-17(22)21-10-13-3-2-4-14(19)7-13/h2-8H,9-11H2,1H3,(H,21,22). The van der Waals surface area contributed by atoms with Crippen LogP contribution in [0.2, 0.25) is 5.02 Å². The third-order valence-corrected chi connectivity index (χ3v) is 3.54. The Morgan fingerprint density at radius 2 is 1.96 bits per heavy atom. The number of carbonyl (C=O) groups excluding carboxylic acids is 2. The van der Waals surface area contributed by atoms with Crippen molar-refractivity contribution in [3.63, 3.8) is 0 Å². The highest BCUT2D eigenvalue weighted by Crippen LogP contribution is 2.18. The Morgan fingerprint density at radius 1 is 1.16 bits per heavy atom. The maximum Gasteiger partial charge on any atom is 0.310 e. The van der Waals surface area contributed by atoms with E-state index in [0.29, 0.717) is 10.6 Å². The van der Waals surface area contributed by atoms with Crippen molar-refractivity contribution in [1.82, 2.24) is 5.32 Å². The van der Waals surface area contributed by atoms with E-state index in [-0.39, 0.29) is 18.7 Å². The minimum atomic E-state index is -0.623. The maximum atomic E-state index is 13.6. The van der Waals surface area contributed by atoms with Gasteiger partial charge in [0.15, 0.2) is 18.2 Å². The number of hydrogen-bond donors (Lipinski definition) is 1. The number of rotatable bonds is 7. The zero-order valence-electron chi connectivity index (χ0n) is 13.6. The average Bonchev–Trinajstić information content (AvgIpc) is 2.58. The molecule has 0 heterocycles. The molecule has 132 valence electrons. The van der Waals surface area contributed by atoms with Crippen molar-refractivity contribution in [2.24, 2.45) is 0 Å². The van der Waals surface area contributed by atoms with Crippen LogP contribution in [0.1, 0.15) is 11.1 Å². The Bertz CT molecular complexity index is 766. The lowest BCUT2D eigenvalue weighted by molar-refractivity contribution is -0.147. The summed E-state index contributed by atoms with van der Waals surface area (Å²) in [4.78, 5) is 23.4. The van der Waals surface area contributed by atoms with E-state index in [4.69, 9.17) is 21.1 Å². The van der Waals surface area contributed by atoms with Crippen LogP contribution in [-0.4, -0.2) is 25.6 Å². The van der Waals surface area contributed by atoms with Gasteiger partial charge >= 0.3 is 5.97 Å². The summed E-state index contributed by atoms with van der Waals surface area (Å²) in [6.45, 7) is -0.126. The minimum Gasteiger partial charge on any atom is -0.494 e. The van der Waals surface area contributed by atoms with Crippen LogP contribution in [0.15, 0.2) is 42.5 Å². The van der Waals surface area contributed by atoms with Crippen LogP contribution in [0.3, 0.4) is 0 Å². The van der Waals surface area contributed by atoms with E-state index in [9.17, 15) is 14.0 Å². The second kappa shape index (κ2) is 9.03. The van der Waals surface area contributed by atoms with E-state index >= 15 is 0 Å². The van der Waals surface area contributed by atoms with E-state index in [1.54, 1.807) is 24.3 Å². The minimum absolute atomic E-state index is 0.0949. The van der Waals surface area contributed by atoms with Crippen molar-refractivity contribution in [2.75, 3.05) is 13.7 Å². The van der Waals surface area contributed by atoms with Gasteiger partial charge in [-0.15, -0.1) is 0 Å². The Labute approximate surface area is 149 Å². The Hall–Kier alpha value is -2.60. The van der Waals surface area contributed by atoms with Gasteiger partial charge in [-0.2, -0.15) is 0 Å². The lowest BCUT2D eigenvalue weighted by atomic mass is 10.1. The van der Waals surface area contributed by atoms with E-state index in [0.717, 1.165) is 5.56 Å². The van der Waals surface area contributed by atoms with Crippen LogP contribution >= 0.6 is 11.6 Å². The first-order chi connectivity index (χ1) is 12.0. The number of amides is 1. The van der Waals surface area contributed by atoms with E-state index in [2.05, 4.69) is 5.32 Å². The van der Waals surface area contributed by atoms with Gasteiger partial charge in [0.05, 0.1) is 13.5 Å². The molecule has 0 saturated carbocycles. The average molecular weight is 366 g/mol. The van der Waals surface area contributed by atoms with Crippen LogP contribution in [-0.2, 0) is 27.3 Å². The molecule has 25 heavy (non-hydrogen) atoms. The van der Waals surface area contributed by atoms with Crippen molar-refractivity contribution in [3.8, 4) is 5.75 Å². The second-order valence-corrected chi connectivity index (χ2v) is 5.65. The number of methoxy groups -OCH3 is 1. The highest BCUT2D eigenvalue weighted by atomic mass is 35.5. The van der Waals surface area contributed by atoms with Crippen LogP contribution in [0.5, 0.6) is 5.75 Å². The van der Waals surface area contributed by atoms with E-state index in [1.165, 1.54) is 19.2 Å². The van der Waals surface area contributed by atoms with Crippen molar-refractivity contribution in [3.05, 3.63) is 64.4 Å². The molecule has 2 rings (SSSR count). The van der Waals surface area contributed by atoms with Gasteiger partial charge in [0.1, 0.15) is 0 Å². The smallest absolute Gasteiger partial charge is 0.310 e. The fourth-order valence-electron chi connectivity index (χ4n) is 2.08. The molecule has 0 bridgehead atoms. The highest BCUT2D eigenvalue weighted by Gasteiger charge is 2.11. The number of ether oxygens (including phenoxy) is 2. The first kappa shape index (κ1) is 18.7. The SMILES string of the molecule is COc1ccc(CC(=O)OCC(=O)NCc2cccc(Cl)c2)cc1F. The van der Waals surface area contributed by atoms with Crippen LogP contribution in [0, 0.1) is 5.82 Å². The zero-order chi connectivity index (χ0) is 18.2. The van der Waals surface area contributed by atoms with Gasteiger partial charge in [-0.1, -0.05) is 29.8 Å². The molecule has 0 unspecified atom stereocenters. The summed E-state index contributed by atoms with van der Waals surface area (Å²) in [7, 11) is 1.36. The predicted molar refractivity (Wildman–Crippen MR) is 90.9 cm³/mol. The molecular weight excluding hydrogens is 349 g/mol. The summed E-state index contributed by atoms with van der Waals surface area (Å²) in [5, 5.41) is 3.19. The molecule has 2 aromatic carbocycles. The largest absolute Gasteiger partial charge is 0.494 e. The molecule has 5 nitrogen and oxygen atoms in total. The van der Waals surface area contributed by atoms with Crippen molar-refractivity contribution in [1.29, 1.82) is 0 Å². The second-order valence-electron chi connectivity index (χ2n) is 5.21. The first-order valence-corrected chi connectivity index (χ1v) is 7.85. The van der Waals surface area contributed by atoms with Crippen LogP contribution in [0.4, 0.5) is 4.39 Å². The highest BCUT2D eigenvalue weighted by molar-refractivity contribution is 6.30. The molecule has 0 radical (unpaired) electrons. The summed E-state index contributed by atoms with van der Waals surface area (Å²) < 4.78 is 23.2. The fraction of sp³-hybridized carbons (Fsp3) is 0.222. The summed E-state index contributed by atoms with van der Waals surface area (Å²) in [6.07, 6.45) is -0.136. The van der Waals surface area contributed by atoms with Gasteiger partial charge in [-0.25, -0.2) is 4.39 Å². The maximum absolute atomic E-state index is 13.6. The van der Waals surface area contributed by atoms with Crippen molar-refractivity contribution >= 4 is 23.5 Å². The molecule has 0 aromatic heterocycles. The van der Waals surface area contributed by atoms with Gasteiger partial charge < -0.3 is 14.8 Å². The van der Waals surface area contributed by atoms with E-state index < -0.39 is 24.3 Å². The summed E-state index contributed by atoms with van der Waals surface area (Å²) in [5.41, 5.74) is 1.27. The van der Waals surface area contributed by atoms with Crippen LogP contribution in [0.25, 0.3) is 0 Å². The number of halogens is 2. The summed E-state index contributed by atoms with van der Waals surface area (Å²) in [6, 6.07) is 11.2. The van der Waals surface area contributed by atoms with Gasteiger partial charge in [0, 0.05) is 11.6 Å². The van der Waals surface area contributed by atoms with E-state index in [1.807, 2.05) is 6.07 Å². The lowest BCUT2D eigenvalue weighted by Gasteiger charge is -2.08. The lowest BCUT2D eigenvalue weighted by Crippen LogP contribution is -2.28. The molecule has 0 aliphatic rings. The normalized spacial score (nSPS) is 10.2. The molecule has 0 fully saturated rings. The molecule has 0 saturated heterocycles. The van der Waals surface area contributed by atoms with Crippen molar-refractivity contribution in [2.45, 2.75) is 13.0 Å². The zero-order valence-corrected chi connectivity index (χ0v) is 14.3. The monoisotopic (exact) mass is 365 g/mol. The summed E-state index contributed by atoms with van der Waals surface area (Å²) >= 11 is 5.85. The number of hydrogen-bond acceptors (Lipinski definition) is 4. The molecular formula is C18H17ClFNO4. The molecule has 0 aliphatic carbocycles. The number of esters is 1. The number of carbonyl (C=O) groups is 2. The molecule has 7 heteroatoms. The molecule has 0 spiro atoms. The summed E-state index contributed by atoms with van der Waals surface area (Å²) in [5.74, 6) is -1.53. The third-order valence-electron chi connectivity index (χ3n) is 3.31. The first-order valence-electron chi connectivity index (χ1n) is 7.47. The number of nitrogens with one attached hydrogen (secondary N) is 1. The van der Waals surface area contributed by atoms with Gasteiger partial charge in [-0.3, -0.25) is 9.59 Å². The van der Waals surface area contributed by atoms with Crippen molar-refractivity contribution < 1.29 is 23.5 Å². The third kappa shape index (κ3) is 6.08. The number of benzene rings is 2. The fourth-order valence-corrected chi connectivity index (χ4v) is 2.30. The van der Waals surface area contributed by atoms with Gasteiger partial charge in [0.2, 0.25) is 0 Å². The van der Waals surface area contributed by atoms with Gasteiger partial charge in [-0.05, 0) is 35.4 Å². The molecule has 2 aromatic rings. The molecule has 1 amide bonds. The Balaban J connectivity index is 1.75. The van der Waals surface area contributed by atoms with Gasteiger partial charge in [0.25, 0.3) is 5.91 Å². The Kier molecular flexibility index (Phi) is 6.77. The predicted octanol–water partition coefficient (Wildman–Crippen LogP) is 2.89. The quantitative estimate of drug-likeness (QED) is 0.766. The topological polar surface area (TPSA) is 64.6 Å². The van der Waals surface area contributed by atoms with Crippen LogP contribution < -0.4 is 10.1 Å². The molecule has 0 atom stereocenters. The molecule has 0 aliphatic heterocycles.